The van der Waals surface area contributed by atoms with E-state index < -0.39 is 17.6 Å². The molecular formula is C13H8F4S. The Morgan fingerprint density at radius 1 is 0.833 bits per heavy atom. The van der Waals surface area contributed by atoms with E-state index in [-0.39, 0.29) is 4.90 Å². The predicted octanol–water partition coefficient (Wildman–Crippen LogP) is 4.80. The second-order valence-electron chi connectivity index (χ2n) is 3.74. The lowest BCUT2D eigenvalue weighted by Crippen LogP contribution is -2.03. The van der Waals surface area contributed by atoms with E-state index in [1.807, 2.05) is 0 Å². The number of hydrogen-bond acceptors (Lipinski definition) is 1. The van der Waals surface area contributed by atoms with Gasteiger partial charge in [-0.1, -0.05) is 18.2 Å². The molecule has 2 aromatic rings. The van der Waals surface area contributed by atoms with Gasteiger partial charge >= 0.3 is 6.18 Å². The summed E-state index contributed by atoms with van der Waals surface area (Å²) >= 11 is 3.93. The van der Waals surface area contributed by atoms with Crippen LogP contribution in [0.3, 0.4) is 0 Å². The van der Waals surface area contributed by atoms with Crippen molar-refractivity contribution in [3.63, 3.8) is 0 Å². The second-order valence-corrected chi connectivity index (χ2v) is 4.22. The van der Waals surface area contributed by atoms with Crippen LogP contribution in [0.1, 0.15) is 5.56 Å². The van der Waals surface area contributed by atoms with Gasteiger partial charge in [-0.05, 0) is 35.4 Å². The van der Waals surface area contributed by atoms with E-state index in [1.165, 1.54) is 30.3 Å². The van der Waals surface area contributed by atoms with Gasteiger partial charge in [0, 0.05) is 4.90 Å². The van der Waals surface area contributed by atoms with Gasteiger partial charge in [0.2, 0.25) is 0 Å². The Morgan fingerprint density at radius 2 is 1.39 bits per heavy atom. The molecule has 0 spiro atoms. The molecule has 94 valence electrons. The number of hydrogen-bond donors (Lipinski definition) is 1. The zero-order chi connectivity index (χ0) is 13.3. The van der Waals surface area contributed by atoms with Crippen LogP contribution in [0.5, 0.6) is 0 Å². The third kappa shape index (κ3) is 2.67. The molecule has 0 heterocycles. The van der Waals surface area contributed by atoms with E-state index >= 15 is 0 Å². The lowest BCUT2D eigenvalue weighted by atomic mass is 10.0. The molecule has 0 radical (unpaired) electrons. The van der Waals surface area contributed by atoms with Gasteiger partial charge in [-0.15, -0.1) is 12.6 Å². The third-order valence-corrected chi connectivity index (χ3v) is 2.83. The molecule has 18 heavy (non-hydrogen) atoms. The van der Waals surface area contributed by atoms with Crippen molar-refractivity contribution in [3.8, 4) is 11.1 Å². The Kier molecular flexibility index (Phi) is 3.34. The van der Waals surface area contributed by atoms with Crippen LogP contribution < -0.4 is 0 Å². The van der Waals surface area contributed by atoms with Crippen molar-refractivity contribution in [3.05, 3.63) is 53.8 Å². The summed E-state index contributed by atoms with van der Waals surface area (Å²) < 4.78 is 50.1. The summed E-state index contributed by atoms with van der Waals surface area (Å²) in [5, 5.41) is 0. The fourth-order valence-electron chi connectivity index (χ4n) is 1.54. The molecule has 0 saturated carbocycles. The summed E-state index contributed by atoms with van der Waals surface area (Å²) in [7, 11) is 0. The Morgan fingerprint density at radius 3 is 1.89 bits per heavy atom. The first-order valence-electron chi connectivity index (χ1n) is 5.04. The van der Waals surface area contributed by atoms with E-state index in [0.717, 1.165) is 12.1 Å². The maximum Gasteiger partial charge on any atom is 0.416 e. The first kappa shape index (κ1) is 13.0. The van der Waals surface area contributed by atoms with Crippen molar-refractivity contribution >= 4 is 12.6 Å². The van der Waals surface area contributed by atoms with E-state index in [1.54, 1.807) is 0 Å². The number of halogens is 4. The maximum absolute atomic E-state index is 13.0. The highest BCUT2D eigenvalue weighted by molar-refractivity contribution is 7.80. The van der Waals surface area contributed by atoms with E-state index in [0.29, 0.717) is 11.1 Å². The minimum atomic E-state index is -4.35. The molecule has 0 amide bonds. The molecule has 0 nitrogen and oxygen atoms in total. The van der Waals surface area contributed by atoms with Crippen LogP contribution in [0.15, 0.2) is 47.4 Å². The quantitative estimate of drug-likeness (QED) is 0.559. The van der Waals surface area contributed by atoms with Gasteiger partial charge in [0.15, 0.2) is 0 Å². The normalized spacial score (nSPS) is 11.6. The molecule has 0 aromatic heterocycles. The average Bonchev–Trinajstić information content (AvgIpc) is 2.32. The lowest BCUT2D eigenvalue weighted by Gasteiger charge is -2.08. The first-order chi connectivity index (χ1) is 8.38. The highest BCUT2D eigenvalue weighted by Crippen LogP contribution is 2.31. The highest BCUT2D eigenvalue weighted by Gasteiger charge is 2.29. The van der Waals surface area contributed by atoms with Crippen LogP contribution >= 0.6 is 12.6 Å². The summed E-state index contributed by atoms with van der Waals surface area (Å²) in [6.07, 6.45) is -4.35. The molecule has 2 aromatic carbocycles. The van der Waals surface area contributed by atoms with Crippen LogP contribution in [-0.2, 0) is 6.18 Å². The van der Waals surface area contributed by atoms with Crippen LogP contribution in [0.4, 0.5) is 17.6 Å². The summed E-state index contributed by atoms with van der Waals surface area (Å²) in [5.74, 6) is -0.464. The second kappa shape index (κ2) is 4.65. The Labute approximate surface area is 107 Å². The molecule has 0 saturated heterocycles. The van der Waals surface area contributed by atoms with Gasteiger partial charge in [-0.3, -0.25) is 0 Å². The average molecular weight is 272 g/mol. The van der Waals surface area contributed by atoms with Gasteiger partial charge in [0.1, 0.15) is 5.82 Å². The van der Waals surface area contributed by atoms with E-state index in [4.69, 9.17) is 0 Å². The van der Waals surface area contributed by atoms with E-state index in [9.17, 15) is 17.6 Å². The van der Waals surface area contributed by atoms with Crippen LogP contribution in [0.25, 0.3) is 11.1 Å². The fourth-order valence-corrected chi connectivity index (χ4v) is 1.76. The standard InChI is InChI=1S/C13H8F4S/c14-11-6-3-9(7-12(11)18)8-1-4-10(5-2-8)13(15,16)17/h1-7,18H. The van der Waals surface area contributed by atoms with Crippen molar-refractivity contribution in [2.24, 2.45) is 0 Å². The SMILES string of the molecule is Fc1ccc(-c2ccc(C(F)(F)F)cc2)cc1S. The highest BCUT2D eigenvalue weighted by atomic mass is 32.1. The van der Waals surface area contributed by atoms with Gasteiger partial charge in [0.05, 0.1) is 5.56 Å². The zero-order valence-corrected chi connectivity index (χ0v) is 9.89. The fraction of sp³-hybridized carbons (Fsp3) is 0.0769. The first-order valence-corrected chi connectivity index (χ1v) is 5.49. The number of benzene rings is 2. The van der Waals surface area contributed by atoms with E-state index in [2.05, 4.69) is 12.6 Å². The molecule has 0 aliphatic carbocycles. The number of rotatable bonds is 1. The van der Waals surface area contributed by atoms with Gasteiger partial charge in [-0.25, -0.2) is 4.39 Å². The molecule has 0 aliphatic rings. The minimum absolute atomic E-state index is 0.160. The predicted molar refractivity (Wildman–Crippen MR) is 64.1 cm³/mol. The molecule has 0 bridgehead atoms. The molecular weight excluding hydrogens is 264 g/mol. The Balaban J connectivity index is 2.37. The third-order valence-electron chi connectivity index (χ3n) is 2.49. The molecule has 2 rings (SSSR count). The smallest absolute Gasteiger partial charge is 0.206 e. The number of alkyl halides is 3. The summed E-state index contributed by atoms with van der Waals surface area (Å²) in [4.78, 5) is 0.160. The van der Waals surface area contributed by atoms with Gasteiger partial charge in [-0.2, -0.15) is 13.2 Å². The molecule has 0 aliphatic heterocycles. The molecule has 0 unspecified atom stereocenters. The van der Waals surface area contributed by atoms with Crippen molar-refractivity contribution in [1.29, 1.82) is 0 Å². The maximum atomic E-state index is 13.0. The number of thiol groups is 1. The van der Waals surface area contributed by atoms with Crippen LogP contribution in [-0.4, -0.2) is 0 Å². The van der Waals surface area contributed by atoms with Gasteiger partial charge < -0.3 is 0 Å². The molecule has 0 atom stereocenters. The van der Waals surface area contributed by atoms with Crippen LogP contribution in [0, 0.1) is 5.82 Å². The largest absolute Gasteiger partial charge is 0.416 e. The summed E-state index contributed by atoms with van der Waals surface area (Å²) in [5.41, 5.74) is 0.493. The lowest BCUT2D eigenvalue weighted by molar-refractivity contribution is -0.137. The zero-order valence-electron chi connectivity index (χ0n) is 9.00. The molecule has 5 heteroatoms. The van der Waals surface area contributed by atoms with Crippen molar-refractivity contribution in [2.45, 2.75) is 11.1 Å². The van der Waals surface area contributed by atoms with Crippen molar-refractivity contribution < 1.29 is 17.6 Å². The van der Waals surface area contributed by atoms with Crippen LogP contribution in [0.2, 0.25) is 0 Å². The monoisotopic (exact) mass is 272 g/mol. The van der Waals surface area contributed by atoms with Gasteiger partial charge in [0.25, 0.3) is 0 Å². The molecule has 0 N–H and O–H groups in total. The minimum Gasteiger partial charge on any atom is -0.206 e. The summed E-state index contributed by atoms with van der Waals surface area (Å²) in [6, 6.07) is 8.90. The van der Waals surface area contributed by atoms with Crippen molar-refractivity contribution in [1.82, 2.24) is 0 Å². The topological polar surface area (TPSA) is 0 Å². The van der Waals surface area contributed by atoms with Crippen molar-refractivity contribution in [2.75, 3.05) is 0 Å². The summed E-state index contributed by atoms with van der Waals surface area (Å²) in [6.45, 7) is 0. The Hall–Kier alpha value is -1.49. The Bertz CT molecular complexity index is 558. The molecule has 0 fully saturated rings.